The molecule has 0 atom stereocenters. The van der Waals surface area contributed by atoms with Gasteiger partial charge in [-0.15, -0.1) is 10.2 Å². The third-order valence-electron chi connectivity index (χ3n) is 2.79. The fraction of sp³-hybridized carbons (Fsp3) is 0.400. The third-order valence-corrected chi connectivity index (χ3v) is 6.07. The highest BCUT2D eigenvalue weighted by atomic mass is 32.2. The summed E-state index contributed by atoms with van der Waals surface area (Å²) in [5, 5.41) is 11.1. The number of carbonyl (C=O) groups excluding carboxylic acids is 1. The summed E-state index contributed by atoms with van der Waals surface area (Å²) in [6, 6.07) is 7.30. The quantitative estimate of drug-likeness (QED) is 0.529. The zero-order chi connectivity index (χ0) is 16.5. The Kier molecular flexibility index (Phi) is 7.70. The van der Waals surface area contributed by atoms with Gasteiger partial charge in [0.2, 0.25) is 5.91 Å². The molecule has 0 spiro atoms. The maximum absolute atomic E-state index is 12.0. The molecule has 0 aliphatic heterocycles. The van der Waals surface area contributed by atoms with Gasteiger partial charge in [-0.2, -0.15) is 0 Å². The number of thioether (sulfide) groups is 2. The first kappa shape index (κ1) is 18.1. The first-order valence-corrected chi connectivity index (χ1v) is 10.0. The van der Waals surface area contributed by atoms with E-state index in [1.165, 1.54) is 24.6 Å². The van der Waals surface area contributed by atoms with Crippen molar-refractivity contribution in [3.8, 4) is 5.75 Å². The molecule has 2 rings (SSSR count). The van der Waals surface area contributed by atoms with Gasteiger partial charge in [0.05, 0.1) is 12.9 Å². The standard InChI is InChI=1S/C15H19N3O2S3/c1-3-4-8-21-14-17-18-15(23-14)22-10-13(19)16-11-6-5-7-12(9-11)20-2/h5-7,9H,3-4,8,10H2,1-2H3,(H,16,19). The Bertz CT molecular complexity index is 634. The van der Waals surface area contributed by atoms with E-state index in [4.69, 9.17) is 4.74 Å². The zero-order valence-corrected chi connectivity index (χ0v) is 15.5. The molecular weight excluding hydrogens is 350 g/mol. The van der Waals surface area contributed by atoms with Gasteiger partial charge in [0.1, 0.15) is 5.75 Å². The molecule has 0 bridgehead atoms. The fourth-order valence-electron chi connectivity index (χ4n) is 1.64. The Hall–Kier alpha value is -1.25. The summed E-state index contributed by atoms with van der Waals surface area (Å²) >= 11 is 4.67. The van der Waals surface area contributed by atoms with Crippen LogP contribution in [0, 0.1) is 0 Å². The molecule has 2 aromatic rings. The van der Waals surface area contributed by atoms with E-state index in [9.17, 15) is 4.79 Å². The van der Waals surface area contributed by atoms with Crippen LogP contribution >= 0.6 is 34.9 Å². The van der Waals surface area contributed by atoms with Gasteiger partial charge >= 0.3 is 0 Å². The first-order valence-electron chi connectivity index (χ1n) is 7.24. The van der Waals surface area contributed by atoms with E-state index in [-0.39, 0.29) is 5.91 Å². The lowest BCUT2D eigenvalue weighted by molar-refractivity contribution is -0.113. The molecule has 0 saturated heterocycles. The molecule has 0 saturated carbocycles. The SMILES string of the molecule is CCCCSc1nnc(SCC(=O)Nc2cccc(OC)c2)s1. The molecule has 0 aliphatic rings. The van der Waals surface area contributed by atoms with Crippen LogP contribution < -0.4 is 10.1 Å². The van der Waals surface area contributed by atoms with Gasteiger partial charge in [-0.05, 0) is 18.6 Å². The summed E-state index contributed by atoms with van der Waals surface area (Å²) in [6.07, 6.45) is 2.35. The molecule has 0 fully saturated rings. The molecule has 23 heavy (non-hydrogen) atoms. The van der Waals surface area contributed by atoms with Crippen LogP contribution in [-0.2, 0) is 4.79 Å². The Balaban J connectivity index is 1.77. The number of nitrogens with zero attached hydrogens (tertiary/aromatic N) is 2. The zero-order valence-electron chi connectivity index (χ0n) is 13.1. The van der Waals surface area contributed by atoms with E-state index in [0.717, 1.165) is 20.1 Å². The number of benzene rings is 1. The van der Waals surface area contributed by atoms with E-state index in [1.807, 2.05) is 18.2 Å². The van der Waals surface area contributed by atoms with Crippen LogP contribution in [0.3, 0.4) is 0 Å². The average Bonchev–Trinajstić information content (AvgIpc) is 3.01. The van der Waals surface area contributed by atoms with Gasteiger partial charge in [0, 0.05) is 17.5 Å². The number of unbranched alkanes of at least 4 members (excludes halogenated alkanes) is 1. The van der Waals surface area contributed by atoms with Crippen molar-refractivity contribution >= 4 is 46.5 Å². The number of ether oxygens (including phenoxy) is 1. The molecule has 1 N–H and O–H groups in total. The summed E-state index contributed by atoms with van der Waals surface area (Å²) in [5.74, 6) is 2.02. The second kappa shape index (κ2) is 9.79. The van der Waals surface area contributed by atoms with Crippen molar-refractivity contribution in [3.63, 3.8) is 0 Å². The van der Waals surface area contributed by atoms with Crippen LogP contribution in [0.15, 0.2) is 32.9 Å². The molecule has 1 amide bonds. The van der Waals surface area contributed by atoms with Crippen LogP contribution in [0.2, 0.25) is 0 Å². The van der Waals surface area contributed by atoms with Crippen molar-refractivity contribution in [2.24, 2.45) is 0 Å². The van der Waals surface area contributed by atoms with Crippen LogP contribution in [0.25, 0.3) is 0 Å². The van der Waals surface area contributed by atoms with E-state index < -0.39 is 0 Å². The Morgan fingerprint density at radius 2 is 2.09 bits per heavy atom. The topological polar surface area (TPSA) is 64.1 Å². The van der Waals surface area contributed by atoms with Crippen molar-refractivity contribution in [2.75, 3.05) is 23.9 Å². The summed E-state index contributed by atoms with van der Waals surface area (Å²) in [7, 11) is 1.60. The smallest absolute Gasteiger partial charge is 0.234 e. The normalized spacial score (nSPS) is 10.5. The lowest BCUT2D eigenvalue weighted by atomic mass is 10.3. The Morgan fingerprint density at radius 1 is 1.30 bits per heavy atom. The number of amides is 1. The molecular formula is C15H19N3O2S3. The monoisotopic (exact) mass is 369 g/mol. The van der Waals surface area contributed by atoms with Crippen molar-refractivity contribution in [1.29, 1.82) is 0 Å². The van der Waals surface area contributed by atoms with Gasteiger partial charge < -0.3 is 10.1 Å². The average molecular weight is 370 g/mol. The molecule has 0 radical (unpaired) electrons. The number of methoxy groups -OCH3 is 1. The van der Waals surface area contributed by atoms with E-state index in [2.05, 4.69) is 22.4 Å². The summed E-state index contributed by atoms with van der Waals surface area (Å²) in [4.78, 5) is 12.0. The van der Waals surface area contributed by atoms with Gasteiger partial charge in [0.25, 0.3) is 0 Å². The second-order valence-electron chi connectivity index (χ2n) is 4.60. The van der Waals surface area contributed by atoms with Crippen molar-refractivity contribution in [1.82, 2.24) is 10.2 Å². The minimum Gasteiger partial charge on any atom is -0.497 e. The van der Waals surface area contributed by atoms with Crippen LogP contribution in [-0.4, -0.2) is 34.7 Å². The number of carbonyl (C=O) groups is 1. The highest BCUT2D eigenvalue weighted by molar-refractivity contribution is 8.03. The third kappa shape index (κ3) is 6.40. The Labute approximate surface area is 148 Å². The number of rotatable bonds is 9. The van der Waals surface area contributed by atoms with E-state index in [1.54, 1.807) is 36.3 Å². The van der Waals surface area contributed by atoms with Crippen LogP contribution in [0.4, 0.5) is 5.69 Å². The lowest BCUT2D eigenvalue weighted by Gasteiger charge is -2.06. The number of aromatic nitrogens is 2. The van der Waals surface area contributed by atoms with Gasteiger partial charge in [-0.3, -0.25) is 4.79 Å². The number of nitrogens with one attached hydrogen (secondary N) is 1. The number of hydrogen-bond donors (Lipinski definition) is 1. The first-order chi connectivity index (χ1) is 11.2. The molecule has 1 aromatic heterocycles. The molecule has 0 aliphatic carbocycles. The van der Waals surface area contributed by atoms with Gasteiger partial charge in [-0.1, -0.05) is 54.3 Å². The van der Waals surface area contributed by atoms with Gasteiger partial charge in [0.15, 0.2) is 8.68 Å². The van der Waals surface area contributed by atoms with Crippen molar-refractivity contribution in [2.45, 2.75) is 28.4 Å². The summed E-state index contributed by atoms with van der Waals surface area (Å²) < 4.78 is 6.92. The number of hydrogen-bond acceptors (Lipinski definition) is 7. The Morgan fingerprint density at radius 3 is 2.83 bits per heavy atom. The van der Waals surface area contributed by atoms with E-state index >= 15 is 0 Å². The van der Waals surface area contributed by atoms with Gasteiger partial charge in [-0.25, -0.2) is 0 Å². The number of anilines is 1. The molecule has 1 heterocycles. The maximum atomic E-state index is 12.0. The fourth-order valence-corrected chi connectivity index (χ4v) is 4.62. The second-order valence-corrected chi connectivity index (χ2v) is 8.15. The van der Waals surface area contributed by atoms with Crippen LogP contribution in [0.5, 0.6) is 5.75 Å². The lowest BCUT2D eigenvalue weighted by Crippen LogP contribution is -2.13. The highest BCUT2D eigenvalue weighted by Gasteiger charge is 2.09. The molecule has 8 heteroatoms. The van der Waals surface area contributed by atoms with Crippen LogP contribution in [0.1, 0.15) is 19.8 Å². The molecule has 5 nitrogen and oxygen atoms in total. The highest BCUT2D eigenvalue weighted by Crippen LogP contribution is 2.29. The summed E-state index contributed by atoms with van der Waals surface area (Å²) in [6.45, 7) is 2.17. The van der Waals surface area contributed by atoms with E-state index in [0.29, 0.717) is 11.5 Å². The predicted molar refractivity (Wildman–Crippen MR) is 97.9 cm³/mol. The van der Waals surface area contributed by atoms with Crippen molar-refractivity contribution < 1.29 is 9.53 Å². The van der Waals surface area contributed by atoms with Crippen molar-refractivity contribution in [3.05, 3.63) is 24.3 Å². The molecule has 1 aromatic carbocycles. The molecule has 124 valence electrons. The largest absolute Gasteiger partial charge is 0.497 e. The summed E-state index contributed by atoms with van der Waals surface area (Å²) in [5.41, 5.74) is 0.725. The molecule has 0 unspecified atom stereocenters. The predicted octanol–water partition coefficient (Wildman–Crippen LogP) is 4.17. The minimum absolute atomic E-state index is 0.0707. The minimum atomic E-state index is -0.0707. The maximum Gasteiger partial charge on any atom is 0.234 e.